The minimum atomic E-state index is -0.357. The van der Waals surface area contributed by atoms with Crippen LogP contribution >= 0.6 is 23.1 Å². The maximum Gasteiger partial charge on any atom is 0.256 e. The monoisotopic (exact) mass is 421 g/mol. The summed E-state index contributed by atoms with van der Waals surface area (Å²) in [6, 6.07) is 17.6. The number of thiophene rings is 1. The second-order valence-electron chi connectivity index (χ2n) is 5.93. The fraction of sp³-hybridized carbons (Fsp3) is 0.0500. The van der Waals surface area contributed by atoms with Gasteiger partial charge in [-0.1, -0.05) is 42.1 Å². The normalized spacial score (nSPS) is 10.7. The van der Waals surface area contributed by atoms with Crippen LogP contribution in [0.15, 0.2) is 71.2 Å². The summed E-state index contributed by atoms with van der Waals surface area (Å²) in [7, 11) is 0. The van der Waals surface area contributed by atoms with Gasteiger partial charge in [0.2, 0.25) is 10.9 Å². The van der Waals surface area contributed by atoms with E-state index < -0.39 is 0 Å². The summed E-state index contributed by atoms with van der Waals surface area (Å²) < 4.78 is 1.59. The number of carbonyl (C=O) groups excluding carboxylic acids is 2. The third-order valence-corrected chi connectivity index (χ3v) is 5.62. The van der Waals surface area contributed by atoms with Crippen LogP contribution in [0.1, 0.15) is 25.6 Å². The number of thioether (sulfide) groups is 1. The third kappa shape index (κ3) is 3.96. The summed E-state index contributed by atoms with van der Waals surface area (Å²) in [5, 5.41) is 16.9. The van der Waals surface area contributed by atoms with Crippen LogP contribution in [0.2, 0.25) is 0 Å². The second-order valence-corrected chi connectivity index (χ2v) is 7.65. The Morgan fingerprint density at radius 1 is 1.03 bits per heavy atom. The first-order valence-electron chi connectivity index (χ1n) is 8.59. The average molecular weight is 422 g/mol. The smallest absolute Gasteiger partial charge is 0.256 e. The predicted octanol–water partition coefficient (Wildman–Crippen LogP) is 3.93. The van der Waals surface area contributed by atoms with Gasteiger partial charge >= 0.3 is 0 Å². The SMILES string of the molecule is CSc1nnnn1-c1cccc(NC(=O)c2ccccc2C(=O)c2cccs2)c1. The molecule has 2 aromatic carbocycles. The molecule has 0 saturated carbocycles. The summed E-state index contributed by atoms with van der Waals surface area (Å²) in [4.78, 5) is 26.3. The van der Waals surface area contributed by atoms with Crippen LogP contribution < -0.4 is 5.32 Å². The minimum absolute atomic E-state index is 0.169. The average Bonchev–Trinajstić information content (AvgIpc) is 3.45. The van der Waals surface area contributed by atoms with E-state index in [0.29, 0.717) is 26.8 Å². The Morgan fingerprint density at radius 2 is 1.86 bits per heavy atom. The van der Waals surface area contributed by atoms with E-state index in [-0.39, 0.29) is 11.7 Å². The number of hydrogen-bond acceptors (Lipinski definition) is 7. The first kappa shape index (κ1) is 19.0. The van der Waals surface area contributed by atoms with Gasteiger partial charge in [-0.25, -0.2) is 0 Å². The van der Waals surface area contributed by atoms with Crippen molar-refractivity contribution in [2.24, 2.45) is 0 Å². The zero-order valence-corrected chi connectivity index (χ0v) is 16.9. The summed E-state index contributed by atoms with van der Waals surface area (Å²) >= 11 is 2.77. The molecule has 29 heavy (non-hydrogen) atoms. The molecule has 7 nitrogen and oxygen atoms in total. The van der Waals surface area contributed by atoms with E-state index in [4.69, 9.17) is 0 Å². The first-order chi connectivity index (χ1) is 14.2. The third-order valence-electron chi connectivity index (χ3n) is 4.13. The molecule has 0 unspecified atom stereocenters. The molecule has 144 valence electrons. The van der Waals surface area contributed by atoms with Crippen molar-refractivity contribution in [3.63, 3.8) is 0 Å². The molecule has 0 radical (unpaired) electrons. The van der Waals surface area contributed by atoms with Gasteiger partial charge in [0.1, 0.15) is 0 Å². The molecule has 0 atom stereocenters. The van der Waals surface area contributed by atoms with E-state index in [0.717, 1.165) is 5.69 Å². The molecule has 9 heteroatoms. The Balaban J connectivity index is 1.61. The lowest BCUT2D eigenvalue weighted by Crippen LogP contribution is -2.16. The summed E-state index contributed by atoms with van der Waals surface area (Å²) in [5.41, 5.74) is 1.99. The van der Waals surface area contributed by atoms with Crippen molar-refractivity contribution in [2.45, 2.75) is 5.16 Å². The van der Waals surface area contributed by atoms with Crippen molar-refractivity contribution < 1.29 is 9.59 Å². The number of rotatable bonds is 6. The van der Waals surface area contributed by atoms with Gasteiger partial charge in [0.15, 0.2) is 0 Å². The lowest BCUT2D eigenvalue weighted by Gasteiger charge is -2.10. The molecular weight excluding hydrogens is 406 g/mol. The van der Waals surface area contributed by atoms with E-state index in [1.54, 1.807) is 53.2 Å². The highest BCUT2D eigenvalue weighted by atomic mass is 32.2. The molecule has 0 aliphatic carbocycles. The number of ketones is 1. The Hall–Kier alpha value is -3.30. The molecule has 2 heterocycles. The van der Waals surface area contributed by atoms with Crippen LogP contribution in [-0.2, 0) is 0 Å². The van der Waals surface area contributed by atoms with Crippen molar-refractivity contribution in [3.05, 3.63) is 82.0 Å². The van der Waals surface area contributed by atoms with E-state index in [1.165, 1.54) is 23.1 Å². The van der Waals surface area contributed by atoms with Crippen LogP contribution in [0.25, 0.3) is 5.69 Å². The van der Waals surface area contributed by atoms with Gasteiger partial charge in [0.25, 0.3) is 5.91 Å². The van der Waals surface area contributed by atoms with E-state index in [2.05, 4.69) is 20.8 Å². The van der Waals surface area contributed by atoms with Gasteiger partial charge in [0, 0.05) is 11.3 Å². The molecular formula is C20H15N5O2S2. The minimum Gasteiger partial charge on any atom is -0.322 e. The highest BCUT2D eigenvalue weighted by molar-refractivity contribution is 7.98. The Bertz CT molecular complexity index is 1170. The zero-order chi connectivity index (χ0) is 20.2. The quantitative estimate of drug-likeness (QED) is 0.375. The molecule has 0 aliphatic rings. The molecule has 4 aromatic rings. The van der Waals surface area contributed by atoms with Gasteiger partial charge < -0.3 is 5.32 Å². The molecule has 4 rings (SSSR count). The van der Waals surface area contributed by atoms with Crippen molar-refractivity contribution in [1.29, 1.82) is 0 Å². The summed E-state index contributed by atoms with van der Waals surface area (Å²) in [6.07, 6.45) is 1.88. The lowest BCUT2D eigenvalue weighted by molar-refractivity contribution is 0.0998. The molecule has 0 fully saturated rings. The number of nitrogens with zero attached hydrogens (tertiary/aromatic N) is 4. The van der Waals surface area contributed by atoms with Crippen molar-refractivity contribution in [1.82, 2.24) is 20.2 Å². The van der Waals surface area contributed by atoms with Gasteiger partial charge in [-0.2, -0.15) is 4.68 Å². The fourth-order valence-corrected chi connectivity index (χ4v) is 3.91. The largest absolute Gasteiger partial charge is 0.322 e. The van der Waals surface area contributed by atoms with Crippen molar-refractivity contribution in [3.8, 4) is 5.69 Å². The number of carbonyl (C=O) groups is 2. The number of tetrazole rings is 1. The number of benzene rings is 2. The van der Waals surface area contributed by atoms with Crippen LogP contribution in [0, 0.1) is 0 Å². The maximum absolute atomic E-state index is 12.9. The zero-order valence-electron chi connectivity index (χ0n) is 15.3. The number of nitrogens with one attached hydrogen (secondary N) is 1. The Morgan fingerprint density at radius 3 is 2.62 bits per heavy atom. The second kappa shape index (κ2) is 8.38. The van der Waals surface area contributed by atoms with E-state index in [9.17, 15) is 9.59 Å². The number of hydrogen-bond donors (Lipinski definition) is 1. The molecule has 2 aromatic heterocycles. The molecule has 0 saturated heterocycles. The summed E-state index contributed by atoms with van der Waals surface area (Å²) in [6.45, 7) is 0. The van der Waals surface area contributed by atoms with Crippen LogP contribution in [0.4, 0.5) is 5.69 Å². The van der Waals surface area contributed by atoms with Crippen molar-refractivity contribution >= 4 is 40.5 Å². The number of amides is 1. The summed E-state index contributed by atoms with van der Waals surface area (Å²) in [5.74, 6) is -0.526. The van der Waals surface area contributed by atoms with Crippen LogP contribution in [0.5, 0.6) is 0 Å². The molecule has 1 amide bonds. The number of aromatic nitrogens is 4. The van der Waals surface area contributed by atoms with Gasteiger partial charge in [0.05, 0.1) is 16.1 Å². The van der Waals surface area contributed by atoms with Crippen LogP contribution in [0.3, 0.4) is 0 Å². The molecule has 0 bridgehead atoms. The standard InChI is InChI=1S/C20H15N5O2S2/c1-28-20-22-23-24-25(20)14-7-4-6-13(12-14)21-19(27)16-9-3-2-8-15(16)18(26)17-10-5-11-29-17/h2-12H,1H3,(H,21,27). The van der Waals surface area contributed by atoms with Gasteiger partial charge in [-0.05, 0) is 52.4 Å². The highest BCUT2D eigenvalue weighted by Crippen LogP contribution is 2.22. The molecule has 0 aliphatic heterocycles. The molecule has 0 spiro atoms. The number of anilines is 1. The predicted molar refractivity (Wildman–Crippen MR) is 113 cm³/mol. The maximum atomic E-state index is 12.9. The van der Waals surface area contributed by atoms with Crippen LogP contribution in [-0.4, -0.2) is 38.2 Å². The molecule has 1 N–H and O–H groups in total. The Kier molecular flexibility index (Phi) is 5.50. The van der Waals surface area contributed by atoms with Gasteiger partial charge in [-0.15, -0.1) is 16.4 Å². The van der Waals surface area contributed by atoms with Crippen molar-refractivity contribution in [2.75, 3.05) is 11.6 Å². The Labute approximate surface area is 174 Å². The highest BCUT2D eigenvalue weighted by Gasteiger charge is 2.19. The van der Waals surface area contributed by atoms with Gasteiger partial charge in [-0.3, -0.25) is 9.59 Å². The lowest BCUT2D eigenvalue weighted by atomic mass is 10.0. The fourth-order valence-electron chi connectivity index (χ4n) is 2.80. The first-order valence-corrected chi connectivity index (χ1v) is 10.7. The van der Waals surface area contributed by atoms with E-state index >= 15 is 0 Å². The topological polar surface area (TPSA) is 89.8 Å². The van der Waals surface area contributed by atoms with E-state index in [1.807, 2.05) is 23.8 Å².